The van der Waals surface area contributed by atoms with Crippen LogP contribution in [0.25, 0.3) is 10.9 Å². The largest absolute Gasteiger partial charge is 0.494 e. The molecule has 368 valence electrons. The summed E-state index contributed by atoms with van der Waals surface area (Å²) in [5.74, 6) is 1.81. The van der Waals surface area contributed by atoms with Gasteiger partial charge in [-0.3, -0.25) is 34.3 Å². The van der Waals surface area contributed by atoms with Crippen molar-refractivity contribution in [1.29, 1.82) is 0 Å². The Kier molecular flexibility index (Phi) is 14.4. The van der Waals surface area contributed by atoms with E-state index >= 15 is 0 Å². The van der Waals surface area contributed by atoms with Crippen molar-refractivity contribution in [3.05, 3.63) is 179 Å². The van der Waals surface area contributed by atoms with Crippen LogP contribution in [0.4, 0.5) is 5.69 Å². The van der Waals surface area contributed by atoms with Crippen LogP contribution in [-0.4, -0.2) is 89.0 Å². The Morgan fingerprint density at radius 2 is 1.38 bits per heavy atom. The summed E-state index contributed by atoms with van der Waals surface area (Å²) in [6, 6.07) is 49.0. The number of unbranched alkanes of at least 4 members (excludes halogenated alkanes) is 1. The number of aromatic nitrogens is 2. The molecule has 0 saturated carbocycles. The van der Waals surface area contributed by atoms with Gasteiger partial charge in [0, 0.05) is 50.4 Å². The third-order valence-electron chi connectivity index (χ3n) is 14.1. The molecule has 10 rings (SSSR count). The average Bonchev–Trinajstić information content (AvgIpc) is 3.90. The Hall–Kier alpha value is -7.77. The number of rotatable bonds is 19. The van der Waals surface area contributed by atoms with Crippen LogP contribution in [0.3, 0.4) is 0 Å². The van der Waals surface area contributed by atoms with E-state index in [1.807, 2.05) is 77.7 Å². The van der Waals surface area contributed by atoms with Gasteiger partial charge in [0.05, 0.1) is 29.6 Å². The Labute approximate surface area is 420 Å². The monoisotopic (exact) mass is 964 g/mol. The molecule has 0 radical (unpaired) electrons. The van der Waals surface area contributed by atoms with E-state index in [1.54, 1.807) is 11.7 Å². The number of amides is 3. The number of nitrogens with zero attached hydrogens (tertiary/aromatic N) is 5. The highest BCUT2D eigenvalue weighted by atomic mass is 16.5. The predicted molar refractivity (Wildman–Crippen MR) is 277 cm³/mol. The quantitative estimate of drug-likeness (QED) is 0.0622. The third-order valence-corrected chi connectivity index (χ3v) is 14.1. The van der Waals surface area contributed by atoms with Gasteiger partial charge in [0.15, 0.2) is 6.61 Å². The van der Waals surface area contributed by atoms with Crippen LogP contribution in [0.15, 0.2) is 151 Å². The number of piperidine rings is 1. The Morgan fingerprint density at radius 1 is 0.708 bits per heavy atom. The molecule has 3 aliphatic heterocycles. The molecule has 2 atom stereocenters. The van der Waals surface area contributed by atoms with E-state index in [2.05, 4.69) is 95.0 Å². The van der Waals surface area contributed by atoms with Crippen molar-refractivity contribution in [3.8, 4) is 23.0 Å². The number of hydrogen-bond acceptors (Lipinski definition) is 10. The second-order valence-corrected chi connectivity index (χ2v) is 19.1. The zero-order chi connectivity index (χ0) is 49.4. The van der Waals surface area contributed by atoms with Gasteiger partial charge in [-0.15, -0.1) is 0 Å². The lowest BCUT2D eigenvalue weighted by atomic mass is 9.73. The molecule has 72 heavy (non-hydrogen) atoms. The first-order valence-electron chi connectivity index (χ1n) is 25.0. The highest BCUT2D eigenvalue weighted by Gasteiger charge is 2.41. The predicted octanol–water partition coefficient (Wildman–Crippen LogP) is 9.27. The lowest BCUT2D eigenvalue weighted by Crippen LogP contribution is -2.50. The Bertz CT molecular complexity index is 3060. The number of carbonyl (C=O) groups excluding carboxylic acids is 3. The molecule has 1 N–H and O–H groups in total. The van der Waals surface area contributed by atoms with Crippen LogP contribution in [0.5, 0.6) is 23.0 Å². The van der Waals surface area contributed by atoms with Gasteiger partial charge in [-0.1, -0.05) is 84.9 Å². The van der Waals surface area contributed by atoms with Crippen molar-refractivity contribution in [2.24, 2.45) is 12.0 Å². The molecule has 6 aromatic carbocycles. The number of hydrogen-bond donors (Lipinski definition) is 1. The number of carbonyl (C=O) groups is 3. The first-order valence-corrected chi connectivity index (χ1v) is 25.0. The summed E-state index contributed by atoms with van der Waals surface area (Å²) in [4.78, 5) is 47.2. The number of fused-ring (bicyclic) bond motifs is 2. The maximum atomic E-state index is 13.3. The zero-order valence-electron chi connectivity index (χ0n) is 40.9. The lowest BCUT2D eigenvalue weighted by Gasteiger charge is -2.34. The Balaban J connectivity index is 0.698. The molecule has 13 nitrogen and oxygen atoms in total. The minimum atomic E-state index is -0.516. The van der Waals surface area contributed by atoms with Crippen LogP contribution in [-0.2, 0) is 46.5 Å². The highest BCUT2D eigenvalue weighted by Crippen LogP contribution is 2.46. The molecule has 2 saturated heterocycles. The van der Waals surface area contributed by atoms with Gasteiger partial charge in [0.25, 0.3) is 5.91 Å². The van der Waals surface area contributed by atoms with Crippen LogP contribution in [0.2, 0.25) is 0 Å². The molecule has 0 aliphatic carbocycles. The molecule has 4 heterocycles. The fraction of sp³-hybridized carbons (Fsp3) is 0.305. The fourth-order valence-corrected chi connectivity index (χ4v) is 10.1. The van der Waals surface area contributed by atoms with Gasteiger partial charge < -0.3 is 23.8 Å². The second-order valence-electron chi connectivity index (χ2n) is 19.1. The zero-order valence-corrected chi connectivity index (χ0v) is 40.9. The molecule has 2 unspecified atom stereocenters. The molecule has 7 aromatic rings. The second kappa shape index (κ2) is 21.7. The van der Waals surface area contributed by atoms with Crippen LogP contribution in [0.1, 0.15) is 72.0 Å². The van der Waals surface area contributed by atoms with Crippen molar-refractivity contribution in [1.82, 2.24) is 24.9 Å². The van der Waals surface area contributed by atoms with Crippen molar-refractivity contribution >= 4 is 40.0 Å². The topological polar surface area (TPSA) is 137 Å². The highest BCUT2D eigenvalue weighted by molar-refractivity contribution is 6.13. The summed E-state index contributed by atoms with van der Waals surface area (Å²) < 4.78 is 26.5. The molecular formula is C59H60N6O7. The number of benzene rings is 6. The van der Waals surface area contributed by atoms with Gasteiger partial charge in [0.2, 0.25) is 11.8 Å². The molecular weight excluding hydrogens is 905 g/mol. The standard InChI is InChI=1S/C59H60N6O7/c1-59(50-36-47(71-39-43-14-7-4-8-15-43)26-28-51(50)60-57(59)44-20-24-46(25-21-44)70-38-42-12-5-3-6-13-42)37-41-18-22-45(23-19-41)69-35-10-9-30-64-31-33-65(34-32-64)54(67)40-72-52-17-11-16-48-55(62-63(2)56(48)52)49-27-29-53(66)61-58(49)68/h3-8,11-26,28,36,49H,9-10,27,29-35,37-40H2,1-2H3,(H,61,66,68). The maximum absolute atomic E-state index is 13.3. The van der Waals surface area contributed by atoms with E-state index in [1.165, 1.54) is 5.56 Å². The molecule has 1 aromatic heterocycles. The number of aryl methyl sites for hydroxylation is 1. The molecule has 3 aliphatic rings. The third kappa shape index (κ3) is 10.9. The van der Waals surface area contributed by atoms with E-state index in [9.17, 15) is 14.4 Å². The number of piperazine rings is 1. The van der Waals surface area contributed by atoms with Gasteiger partial charge in [-0.2, -0.15) is 5.10 Å². The summed E-state index contributed by atoms with van der Waals surface area (Å²) >= 11 is 0. The molecule has 0 spiro atoms. The number of para-hydroxylation sites is 1. The van der Waals surface area contributed by atoms with Gasteiger partial charge >= 0.3 is 0 Å². The van der Waals surface area contributed by atoms with Crippen molar-refractivity contribution in [2.45, 2.75) is 63.6 Å². The Morgan fingerprint density at radius 3 is 2.08 bits per heavy atom. The van der Waals surface area contributed by atoms with Gasteiger partial charge in [0.1, 0.15) is 41.7 Å². The smallest absolute Gasteiger partial charge is 0.260 e. The minimum Gasteiger partial charge on any atom is -0.494 e. The normalized spacial score (nSPS) is 17.8. The van der Waals surface area contributed by atoms with Gasteiger partial charge in [-0.05, 0) is 128 Å². The van der Waals surface area contributed by atoms with E-state index < -0.39 is 11.3 Å². The number of nitrogens with one attached hydrogen (secondary N) is 1. The molecule has 13 heteroatoms. The molecule has 2 fully saturated rings. The summed E-state index contributed by atoms with van der Waals surface area (Å²) in [6.07, 6.45) is 3.31. The number of imide groups is 1. The number of ether oxygens (including phenoxy) is 4. The lowest BCUT2D eigenvalue weighted by molar-refractivity contribution is -0.135. The summed E-state index contributed by atoms with van der Waals surface area (Å²) in [5.41, 5.74) is 8.44. The average molecular weight is 965 g/mol. The molecule has 0 bridgehead atoms. The fourth-order valence-electron chi connectivity index (χ4n) is 10.1. The summed E-state index contributed by atoms with van der Waals surface area (Å²) in [7, 11) is 1.79. The first-order chi connectivity index (χ1) is 35.2. The SMILES string of the molecule is Cn1nc(C2CCC(=O)NC2=O)c2cccc(OCC(=O)N3CCN(CCCCOc4ccc(CC5(C)C(c6ccc(OCc7ccccc7)cc6)=Nc6ccc(OCc7ccccc7)cc65)cc4)CC3)c21. The first kappa shape index (κ1) is 47.9. The minimum absolute atomic E-state index is 0.0665. The van der Waals surface area contributed by atoms with Crippen LogP contribution in [0, 0.1) is 0 Å². The van der Waals surface area contributed by atoms with Gasteiger partial charge in [-0.25, -0.2) is 0 Å². The van der Waals surface area contributed by atoms with Crippen LogP contribution >= 0.6 is 0 Å². The van der Waals surface area contributed by atoms with Crippen LogP contribution < -0.4 is 24.3 Å². The summed E-state index contributed by atoms with van der Waals surface area (Å²) in [6.45, 7) is 7.61. The van der Waals surface area contributed by atoms with Crippen molar-refractivity contribution in [3.63, 3.8) is 0 Å². The summed E-state index contributed by atoms with van der Waals surface area (Å²) in [5, 5.41) is 7.83. The molecule has 3 amide bonds. The van der Waals surface area contributed by atoms with E-state index in [4.69, 9.17) is 23.9 Å². The van der Waals surface area contributed by atoms with E-state index in [0.717, 1.165) is 95.2 Å². The van der Waals surface area contributed by atoms with E-state index in [0.29, 0.717) is 56.3 Å². The van der Waals surface area contributed by atoms with Crippen molar-refractivity contribution in [2.75, 3.05) is 45.9 Å². The maximum Gasteiger partial charge on any atom is 0.260 e. The number of aliphatic imine (C=N–C) groups is 1. The van der Waals surface area contributed by atoms with Crippen molar-refractivity contribution < 1.29 is 33.3 Å². The van der Waals surface area contributed by atoms with E-state index in [-0.39, 0.29) is 30.7 Å².